The molecule has 0 N–H and O–H groups in total. The lowest BCUT2D eigenvalue weighted by Gasteiger charge is -2.54. The number of hydrogen-bond acceptors (Lipinski definition) is 5. The third-order valence-electron chi connectivity index (χ3n) is 7.88. The first-order chi connectivity index (χ1) is 16.7. The quantitative estimate of drug-likeness (QED) is 0.538. The standard InChI is InChI=1S/C28H35N5O/c1-22-16-24(11-12-26(22)27-19-32(30-29-27)18-25-10-5-6-15-34-25)33-14-7-13-28(33)20-31(21-28)17-23-8-3-2-4-9-23/h2-4,8-9,11-12,16,19,25H,5-7,10,13-15,17-18,20-21H2,1H3/t25-/m1/s1. The summed E-state index contributed by atoms with van der Waals surface area (Å²) in [6.07, 6.45) is 8.44. The lowest BCUT2D eigenvalue weighted by atomic mass is 9.86. The van der Waals surface area contributed by atoms with Crippen molar-refractivity contribution in [1.82, 2.24) is 19.9 Å². The predicted molar refractivity (Wildman–Crippen MR) is 135 cm³/mol. The Morgan fingerprint density at radius 2 is 1.94 bits per heavy atom. The molecule has 6 nitrogen and oxygen atoms in total. The van der Waals surface area contributed by atoms with Crippen LogP contribution in [0.25, 0.3) is 11.3 Å². The molecular formula is C28H35N5O. The molecule has 6 heteroatoms. The maximum atomic E-state index is 5.87. The maximum Gasteiger partial charge on any atom is 0.113 e. The van der Waals surface area contributed by atoms with Crippen molar-refractivity contribution in [1.29, 1.82) is 0 Å². The fraction of sp³-hybridized carbons (Fsp3) is 0.500. The molecule has 1 aromatic heterocycles. The molecule has 0 radical (unpaired) electrons. The minimum Gasteiger partial charge on any atom is -0.376 e. The largest absolute Gasteiger partial charge is 0.376 e. The van der Waals surface area contributed by atoms with Gasteiger partial charge in [0.25, 0.3) is 0 Å². The first-order valence-corrected chi connectivity index (χ1v) is 12.9. The first-order valence-electron chi connectivity index (χ1n) is 12.9. The Hall–Kier alpha value is -2.70. The van der Waals surface area contributed by atoms with E-state index in [-0.39, 0.29) is 6.10 Å². The van der Waals surface area contributed by atoms with E-state index in [1.807, 2.05) is 4.68 Å². The Balaban J connectivity index is 1.13. The van der Waals surface area contributed by atoms with Gasteiger partial charge in [-0.1, -0.05) is 41.6 Å². The number of hydrogen-bond donors (Lipinski definition) is 0. The van der Waals surface area contributed by atoms with Gasteiger partial charge in [0.2, 0.25) is 0 Å². The van der Waals surface area contributed by atoms with Gasteiger partial charge >= 0.3 is 0 Å². The number of aryl methyl sites for hydroxylation is 1. The molecule has 3 saturated heterocycles. The van der Waals surface area contributed by atoms with Gasteiger partial charge in [0.05, 0.1) is 24.4 Å². The van der Waals surface area contributed by atoms with Crippen LogP contribution in [0.3, 0.4) is 0 Å². The fourth-order valence-corrected chi connectivity index (χ4v) is 6.18. The van der Waals surface area contributed by atoms with Crippen molar-refractivity contribution < 1.29 is 4.74 Å². The summed E-state index contributed by atoms with van der Waals surface area (Å²) in [5, 5.41) is 8.87. The molecule has 2 aromatic carbocycles. The van der Waals surface area contributed by atoms with Crippen LogP contribution in [0.2, 0.25) is 0 Å². The zero-order valence-electron chi connectivity index (χ0n) is 20.2. The second-order valence-electron chi connectivity index (χ2n) is 10.4. The molecule has 34 heavy (non-hydrogen) atoms. The van der Waals surface area contributed by atoms with Crippen LogP contribution in [0.1, 0.15) is 43.2 Å². The normalized spacial score (nSPS) is 22.3. The van der Waals surface area contributed by atoms with E-state index in [0.29, 0.717) is 5.54 Å². The lowest BCUT2D eigenvalue weighted by Crippen LogP contribution is -2.67. The molecule has 6 rings (SSSR count). The van der Waals surface area contributed by atoms with Crippen molar-refractivity contribution in [2.75, 3.05) is 31.1 Å². The Bertz CT molecular complexity index is 1110. The molecule has 3 aliphatic rings. The highest BCUT2D eigenvalue weighted by Gasteiger charge is 2.50. The van der Waals surface area contributed by atoms with Crippen molar-refractivity contribution in [3.63, 3.8) is 0 Å². The van der Waals surface area contributed by atoms with E-state index < -0.39 is 0 Å². The van der Waals surface area contributed by atoms with Crippen LogP contribution in [0.4, 0.5) is 5.69 Å². The molecule has 178 valence electrons. The first kappa shape index (κ1) is 21.8. The Morgan fingerprint density at radius 1 is 1.06 bits per heavy atom. The summed E-state index contributed by atoms with van der Waals surface area (Å²) in [6.45, 7) is 8.37. The number of nitrogens with zero attached hydrogens (tertiary/aromatic N) is 5. The summed E-state index contributed by atoms with van der Waals surface area (Å²) in [6, 6.07) is 17.7. The third-order valence-corrected chi connectivity index (χ3v) is 7.88. The van der Waals surface area contributed by atoms with Gasteiger partial charge in [0.1, 0.15) is 5.69 Å². The van der Waals surface area contributed by atoms with Crippen molar-refractivity contribution >= 4 is 5.69 Å². The Morgan fingerprint density at radius 3 is 2.74 bits per heavy atom. The second-order valence-corrected chi connectivity index (χ2v) is 10.4. The Labute approximate surface area is 202 Å². The van der Waals surface area contributed by atoms with Gasteiger partial charge in [-0.3, -0.25) is 4.90 Å². The average molecular weight is 458 g/mol. The van der Waals surface area contributed by atoms with E-state index in [2.05, 4.69) is 81.8 Å². The van der Waals surface area contributed by atoms with E-state index in [0.717, 1.165) is 51.4 Å². The molecule has 1 atom stereocenters. The molecule has 0 amide bonds. The van der Waals surface area contributed by atoms with Gasteiger partial charge < -0.3 is 9.64 Å². The van der Waals surface area contributed by atoms with Crippen LogP contribution in [-0.4, -0.2) is 57.8 Å². The second kappa shape index (κ2) is 9.16. The molecule has 0 unspecified atom stereocenters. The van der Waals surface area contributed by atoms with E-state index >= 15 is 0 Å². The summed E-state index contributed by atoms with van der Waals surface area (Å²) in [4.78, 5) is 5.26. The summed E-state index contributed by atoms with van der Waals surface area (Å²) in [7, 11) is 0. The predicted octanol–water partition coefficient (Wildman–Crippen LogP) is 4.68. The van der Waals surface area contributed by atoms with Crippen LogP contribution < -0.4 is 4.90 Å². The molecule has 3 aliphatic heterocycles. The van der Waals surface area contributed by atoms with E-state index in [1.54, 1.807) is 0 Å². The van der Waals surface area contributed by atoms with Gasteiger partial charge in [0.15, 0.2) is 0 Å². The van der Waals surface area contributed by atoms with Crippen LogP contribution in [-0.2, 0) is 17.8 Å². The van der Waals surface area contributed by atoms with Gasteiger partial charge in [-0.05, 0) is 62.3 Å². The van der Waals surface area contributed by atoms with Crippen molar-refractivity contribution in [3.05, 3.63) is 65.9 Å². The number of aromatic nitrogens is 3. The summed E-state index contributed by atoms with van der Waals surface area (Å²) < 4.78 is 7.82. The van der Waals surface area contributed by atoms with Crippen LogP contribution in [0, 0.1) is 6.92 Å². The molecule has 3 fully saturated rings. The van der Waals surface area contributed by atoms with Crippen LogP contribution in [0.15, 0.2) is 54.7 Å². The smallest absolute Gasteiger partial charge is 0.113 e. The number of ether oxygens (including phenoxy) is 1. The number of likely N-dealkylation sites (tertiary alicyclic amines) is 1. The molecule has 0 saturated carbocycles. The number of benzene rings is 2. The van der Waals surface area contributed by atoms with Gasteiger partial charge in [-0.25, -0.2) is 4.68 Å². The fourth-order valence-electron chi connectivity index (χ4n) is 6.18. The molecule has 1 spiro atoms. The molecular weight excluding hydrogens is 422 g/mol. The highest BCUT2D eigenvalue weighted by molar-refractivity contribution is 5.67. The summed E-state index contributed by atoms with van der Waals surface area (Å²) in [5.74, 6) is 0. The van der Waals surface area contributed by atoms with Crippen molar-refractivity contribution in [2.24, 2.45) is 0 Å². The highest BCUT2D eigenvalue weighted by atomic mass is 16.5. The van der Waals surface area contributed by atoms with Crippen molar-refractivity contribution in [2.45, 2.75) is 63.8 Å². The van der Waals surface area contributed by atoms with Crippen molar-refractivity contribution in [3.8, 4) is 11.3 Å². The van der Waals surface area contributed by atoms with Crippen LogP contribution >= 0.6 is 0 Å². The minimum absolute atomic E-state index is 0.266. The summed E-state index contributed by atoms with van der Waals surface area (Å²) in [5.41, 5.74) is 6.44. The van der Waals surface area contributed by atoms with Crippen LogP contribution in [0.5, 0.6) is 0 Å². The SMILES string of the molecule is Cc1cc(N2CCCC23CN(Cc2ccccc2)C3)ccc1-c1cn(C[C@H]2CCCCO2)nn1. The monoisotopic (exact) mass is 457 g/mol. The van der Waals surface area contributed by atoms with Gasteiger partial charge in [-0.15, -0.1) is 5.10 Å². The summed E-state index contributed by atoms with van der Waals surface area (Å²) >= 11 is 0. The van der Waals surface area contributed by atoms with Gasteiger partial charge in [-0.2, -0.15) is 0 Å². The highest BCUT2D eigenvalue weighted by Crippen LogP contribution is 2.42. The maximum absolute atomic E-state index is 5.87. The average Bonchev–Trinajstić information content (AvgIpc) is 3.48. The zero-order chi connectivity index (χ0) is 23.0. The number of rotatable bonds is 6. The topological polar surface area (TPSA) is 46.4 Å². The molecule has 3 aromatic rings. The zero-order valence-corrected chi connectivity index (χ0v) is 20.2. The molecule has 0 bridgehead atoms. The minimum atomic E-state index is 0.266. The molecule has 4 heterocycles. The van der Waals surface area contributed by atoms with E-state index in [1.165, 1.54) is 48.1 Å². The van der Waals surface area contributed by atoms with Gasteiger partial charge in [0, 0.05) is 44.0 Å². The number of anilines is 1. The Kier molecular flexibility index (Phi) is 5.87. The third kappa shape index (κ3) is 4.25. The van der Waals surface area contributed by atoms with E-state index in [4.69, 9.17) is 4.74 Å². The van der Waals surface area contributed by atoms with E-state index in [9.17, 15) is 0 Å². The molecule has 0 aliphatic carbocycles. The lowest BCUT2D eigenvalue weighted by molar-refractivity contribution is 0.00370.